The fourth-order valence-electron chi connectivity index (χ4n) is 5.19. The van der Waals surface area contributed by atoms with Crippen LogP contribution in [0.4, 0.5) is 5.69 Å². The number of carbonyl (C=O) groups excluding carboxylic acids is 4. The maximum absolute atomic E-state index is 12.9. The van der Waals surface area contributed by atoms with Gasteiger partial charge in [-0.15, -0.1) is 0 Å². The molecule has 2 heterocycles. The Balaban J connectivity index is 1.25. The molecule has 3 aliphatic rings. The number of esters is 1. The molecular weight excluding hydrogens is 420 g/mol. The van der Waals surface area contributed by atoms with E-state index >= 15 is 0 Å². The summed E-state index contributed by atoms with van der Waals surface area (Å²) < 4.78 is 5.57. The lowest BCUT2D eigenvalue weighted by molar-refractivity contribution is -0.139. The zero-order valence-corrected chi connectivity index (χ0v) is 18.3. The second-order valence-electron chi connectivity index (χ2n) is 9.09. The van der Waals surface area contributed by atoms with Gasteiger partial charge in [0.05, 0.1) is 23.4 Å². The number of imide groups is 1. The zero-order valence-electron chi connectivity index (χ0n) is 18.3. The molecular formula is C26H26N2O5. The summed E-state index contributed by atoms with van der Waals surface area (Å²) in [5.74, 6) is -1.65. The predicted molar refractivity (Wildman–Crippen MR) is 120 cm³/mol. The van der Waals surface area contributed by atoms with E-state index in [-0.39, 0.29) is 41.7 Å². The highest BCUT2D eigenvalue weighted by atomic mass is 16.5. The van der Waals surface area contributed by atoms with Crippen LogP contribution in [0.1, 0.15) is 37.7 Å². The van der Waals surface area contributed by atoms with Gasteiger partial charge in [0.1, 0.15) is 5.75 Å². The molecule has 0 spiro atoms. The third-order valence-corrected chi connectivity index (χ3v) is 6.90. The Hall–Kier alpha value is -3.48. The minimum Gasteiger partial charge on any atom is -0.426 e. The van der Waals surface area contributed by atoms with Crippen LogP contribution in [0.15, 0.2) is 54.6 Å². The lowest BCUT2D eigenvalue weighted by Gasteiger charge is -2.19. The summed E-state index contributed by atoms with van der Waals surface area (Å²) in [6.07, 6.45) is 3.53. The van der Waals surface area contributed by atoms with Gasteiger partial charge < -0.3 is 9.64 Å². The lowest BCUT2D eigenvalue weighted by Crippen LogP contribution is -2.31. The van der Waals surface area contributed by atoms with Gasteiger partial charge in [0, 0.05) is 25.6 Å². The molecule has 0 unspecified atom stereocenters. The minimum absolute atomic E-state index is 0.0783. The fraction of sp³-hybridized carbons (Fsp3) is 0.385. The molecule has 2 aliphatic heterocycles. The van der Waals surface area contributed by atoms with Gasteiger partial charge >= 0.3 is 5.97 Å². The summed E-state index contributed by atoms with van der Waals surface area (Å²) >= 11 is 0. The molecule has 7 nitrogen and oxygen atoms in total. The van der Waals surface area contributed by atoms with Crippen molar-refractivity contribution in [1.29, 1.82) is 0 Å². The molecule has 2 saturated heterocycles. The molecule has 0 radical (unpaired) electrons. The first-order chi connectivity index (χ1) is 16.0. The van der Waals surface area contributed by atoms with Crippen molar-refractivity contribution in [3.05, 3.63) is 60.2 Å². The van der Waals surface area contributed by atoms with Crippen molar-refractivity contribution in [2.75, 3.05) is 11.4 Å². The number of hydrogen-bond donors (Lipinski definition) is 0. The Morgan fingerprint density at radius 2 is 1.61 bits per heavy atom. The Kier molecular flexibility index (Phi) is 5.70. The van der Waals surface area contributed by atoms with Crippen LogP contribution in [-0.2, 0) is 25.7 Å². The van der Waals surface area contributed by atoms with Gasteiger partial charge in [-0.25, -0.2) is 4.90 Å². The molecule has 5 rings (SSSR count). The number of hydrogen-bond acceptors (Lipinski definition) is 5. The maximum Gasteiger partial charge on any atom is 0.316 e. The van der Waals surface area contributed by atoms with Crippen molar-refractivity contribution in [2.45, 2.75) is 38.6 Å². The quantitative estimate of drug-likeness (QED) is 0.400. The molecule has 0 bridgehead atoms. The van der Waals surface area contributed by atoms with Crippen molar-refractivity contribution in [1.82, 2.24) is 4.90 Å². The van der Waals surface area contributed by atoms with E-state index in [4.69, 9.17) is 4.74 Å². The van der Waals surface area contributed by atoms with E-state index in [1.165, 1.54) is 4.90 Å². The molecule has 170 valence electrons. The predicted octanol–water partition coefficient (Wildman–Crippen LogP) is 3.32. The standard InChI is InChI=1S/C26H26N2O5/c29-23-13-18(16-27(23)15-17-7-2-1-3-8-17)26(32)33-20-10-6-9-19(14-20)28-24(30)21-11-4-5-12-22(21)25(28)31/h1-3,6-10,14,18,21-22H,4-5,11-13,15-16H2/t18-,21-,22-/m1/s1. The van der Waals surface area contributed by atoms with Gasteiger partial charge in [-0.05, 0) is 30.5 Å². The molecule has 0 aromatic heterocycles. The molecule has 1 saturated carbocycles. The summed E-state index contributed by atoms with van der Waals surface area (Å²) in [5.41, 5.74) is 1.44. The Morgan fingerprint density at radius 3 is 2.30 bits per heavy atom. The number of carbonyl (C=O) groups is 4. The summed E-state index contributed by atoms with van der Waals surface area (Å²) in [4.78, 5) is 53.8. The van der Waals surface area contributed by atoms with Crippen LogP contribution in [0.2, 0.25) is 0 Å². The molecule has 33 heavy (non-hydrogen) atoms. The number of nitrogens with zero attached hydrogens (tertiary/aromatic N) is 2. The van der Waals surface area contributed by atoms with Crippen LogP contribution in [0.3, 0.4) is 0 Å². The number of likely N-dealkylation sites (tertiary alicyclic amines) is 1. The molecule has 2 aromatic carbocycles. The van der Waals surface area contributed by atoms with Gasteiger partial charge in [0.15, 0.2) is 0 Å². The second-order valence-corrected chi connectivity index (χ2v) is 9.09. The van der Waals surface area contributed by atoms with Gasteiger partial charge in [-0.2, -0.15) is 0 Å². The molecule has 3 amide bonds. The van der Waals surface area contributed by atoms with Crippen molar-refractivity contribution < 1.29 is 23.9 Å². The second kappa shape index (κ2) is 8.81. The lowest BCUT2D eigenvalue weighted by atomic mass is 9.81. The van der Waals surface area contributed by atoms with Gasteiger partial charge in [-0.3, -0.25) is 19.2 Å². The first kappa shape index (κ1) is 21.4. The molecule has 0 N–H and O–H groups in total. The van der Waals surface area contributed by atoms with Crippen molar-refractivity contribution in [3.63, 3.8) is 0 Å². The van der Waals surface area contributed by atoms with E-state index in [2.05, 4.69) is 0 Å². The number of anilines is 1. The summed E-state index contributed by atoms with van der Waals surface area (Å²) in [6.45, 7) is 0.763. The highest BCUT2D eigenvalue weighted by molar-refractivity contribution is 6.22. The summed E-state index contributed by atoms with van der Waals surface area (Å²) in [5, 5.41) is 0. The number of amides is 3. The number of rotatable bonds is 5. The van der Waals surface area contributed by atoms with Gasteiger partial charge in [0.2, 0.25) is 17.7 Å². The van der Waals surface area contributed by atoms with Crippen molar-refractivity contribution >= 4 is 29.4 Å². The van der Waals surface area contributed by atoms with E-state index in [1.807, 2.05) is 30.3 Å². The number of ether oxygens (including phenoxy) is 1. The van der Waals surface area contributed by atoms with Crippen LogP contribution < -0.4 is 9.64 Å². The first-order valence-electron chi connectivity index (χ1n) is 11.5. The Bertz CT molecular complexity index is 1070. The minimum atomic E-state index is -0.553. The van der Waals surface area contributed by atoms with Crippen molar-refractivity contribution in [3.8, 4) is 5.75 Å². The Labute approximate surface area is 192 Å². The fourth-order valence-corrected chi connectivity index (χ4v) is 5.19. The van der Waals surface area contributed by atoms with E-state index in [9.17, 15) is 19.2 Å². The molecule has 2 aromatic rings. The van der Waals surface area contributed by atoms with Crippen LogP contribution in [0.5, 0.6) is 5.75 Å². The van der Waals surface area contributed by atoms with E-state index in [1.54, 1.807) is 29.2 Å². The average Bonchev–Trinajstić information content (AvgIpc) is 3.32. The zero-order chi connectivity index (χ0) is 22.9. The highest BCUT2D eigenvalue weighted by Crippen LogP contribution is 2.40. The number of fused-ring (bicyclic) bond motifs is 1. The maximum atomic E-state index is 12.9. The van der Waals surface area contributed by atoms with E-state index < -0.39 is 11.9 Å². The SMILES string of the molecule is O=C(Oc1cccc(N2C(=O)[C@@H]3CCCC[C@H]3C2=O)c1)[C@@H]1CC(=O)N(Cc2ccccc2)C1. The molecule has 7 heteroatoms. The van der Waals surface area contributed by atoms with Crippen LogP contribution in [-0.4, -0.2) is 35.1 Å². The van der Waals surface area contributed by atoms with Gasteiger partial charge in [-0.1, -0.05) is 49.2 Å². The summed E-state index contributed by atoms with van der Waals surface area (Å²) in [6, 6.07) is 16.2. The van der Waals surface area contributed by atoms with Crippen LogP contribution in [0.25, 0.3) is 0 Å². The normalized spacial score (nSPS) is 24.8. The summed E-state index contributed by atoms with van der Waals surface area (Å²) in [7, 11) is 0. The third-order valence-electron chi connectivity index (χ3n) is 6.90. The molecule has 1 aliphatic carbocycles. The topological polar surface area (TPSA) is 84.0 Å². The van der Waals surface area contributed by atoms with E-state index in [0.29, 0.717) is 18.8 Å². The Morgan fingerprint density at radius 1 is 0.909 bits per heavy atom. The van der Waals surface area contributed by atoms with E-state index in [0.717, 1.165) is 31.2 Å². The van der Waals surface area contributed by atoms with Crippen molar-refractivity contribution in [2.24, 2.45) is 17.8 Å². The number of benzene rings is 2. The average molecular weight is 447 g/mol. The van der Waals surface area contributed by atoms with Crippen LogP contribution >= 0.6 is 0 Å². The largest absolute Gasteiger partial charge is 0.426 e. The third kappa shape index (κ3) is 4.15. The molecule has 3 fully saturated rings. The molecule has 3 atom stereocenters. The highest BCUT2D eigenvalue weighted by Gasteiger charge is 2.48. The first-order valence-corrected chi connectivity index (χ1v) is 11.5. The smallest absolute Gasteiger partial charge is 0.316 e. The van der Waals surface area contributed by atoms with Gasteiger partial charge in [0.25, 0.3) is 0 Å². The monoisotopic (exact) mass is 446 g/mol. The van der Waals surface area contributed by atoms with Crippen LogP contribution in [0, 0.1) is 17.8 Å².